The third kappa shape index (κ3) is 4.88. The normalized spacial score (nSPS) is 10.7. The van der Waals surface area contributed by atoms with Crippen LogP contribution in [-0.2, 0) is 11.4 Å². The van der Waals surface area contributed by atoms with E-state index in [2.05, 4.69) is 5.16 Å². The van der Waals surface area contributed by atoms with Gasteiger partial charge in [-0.3, -0.25) is 4.79 Å². The molecule has 0 spiro atoms. The maximum absolute atomic E-state index is 12.2. The lowest BCUT2D eigenvalue weighted by Crippen LogP contribution is -1.99. The van der Waals surface area contributed by atoms with E-state index in [0.717, 1.165) is 16.7 Å². The van der Waals surface area contributed by atoms with E-state index >= 15 is 0 Å². The highest BCUT2D eigenvalue weighted by molar-refractivity contribution is 6.03. The summed E-state index contributed by atoms with van der Waals surface area (Å²) in [6, 6.07) is 27.5. The van der Waals surface area contributed by atoms with Crippen molar-refractivity contribution in [2.75, 3.05) is 0 Å². The first-order valence-electron chi connectivity index (χ1n) is 8.19. The molecule has 3 aromatic carbocycles. The van der Waals surface area contributed by atoms with Gasteiger partial charge in [0.25, 0.3) is 0 Å². The van der Waals surface area contributed by atoms with Crippen LogP contribution in [0.15, 0.2) is 90.1 Å². The van der Waals surface area contributed by atoms with Crippen LogP contribution in [0.3, 0.4) is 0 Å². The molecule has 3 rings (SSSR count). The van der Waals surface area contributed by atoms with Crippen molar-refractivity contribution in [2.45, 2.75) is 13.0 Å². The number of hydrogen-bond donors (Lipinski definition) is 0. The van der Waals surface area contributed by atoms with Crippen LogP contribution in [0.4, 0.5) is 0 Å². The monoisotopic (exact) mass is 329 g/mol. The standard InChI is InChI=1S/C22H19NO2/c24-22(15-16-23-25-17-18-7-3-1-4-8-18)21-13-11-20(12-14-21)19-9-5-2-6-10-19/h1-14,16H,15,17H2/b23-16+. The first-order valence-corrected chi connectivity index (χ1v) is 8.19. The summed E-state index contributed by atoms with van der Waals surface area (Å²) in [7, 11) is 0. The van der Waals surface area contributed by atoms with Crippen molar-refractivity contribution in [1.82, 2.24) is 0 Å². The van der Waals surface area contributed by atoms with Crippen LogP contribution in [0, 0.1) is 0 Å². The second kappa shape index (κ2) is 8.60. The zero-order chi connectivity index (χ0) is 17.3. The number of Topliss-reactive ketones (excluding diaryl/α,β-unsaturated/α-hetero) is 1. The third-order valence-corrected chi connectivity index (χ3v) is 3.81. The van der Waals surface area contributed by atoms with Crippen molar-refractivity contribution >= 4 is 12.0 Å². The van der Waals surface area contributed by atoms with E-state index in [1.807, 2.05) is 84.9 Å². The van der Waals surface area contributed by atoms with Gasteiger partial charge in [-0.25, -0.2) is 0 Å². The topological polar surface area (TPSA) is 38.7 Å². The number of hydrogen-bond acceptors (Lipinski definition) is 3. The van der Waals surface area contributed by atoms with Crippen LogP contribution in [-0.4, -0.2) is 12.0 Å². The molecule has 0 heterocycles. The Hall–Kier alpha value is -3.20. The zero-order valence-corrected chi connectivity index (χ0v) is 13.8. The maximum Gasteiger partial charge on any atom is 0.168 e. The summed E-state index contributed by atoms with van der Waals surface area (Å²) < 4.78 is 0. The molecule has 3 heteroatoms. The average Bonchev–Trinajstić information content (AvgIpc) is 2.69. The molecular formula is C22H19NO2. The minimum absolute atomic E-state index is 0.0201. The molecule has 3 aromatic rings. The predicted octanol–water partition coefficient (Wildman–Crippen LogP) is 5.13. The number of rotatable bonds is 7. The first-order chi connectivity index (χ1) is 12.3. The minimum Gasteiger partial charge on any atom is -0.391 e. The van der Waals surface area contributed by atoms with Crippen LogP contribution in [0.25, 0.3) is 11.1 Å². The second-order valence-corrected chi connectivity index (χ2v) is 5.62. The van der Waals surface area contributed by atoms with Crippen molar-refractivity contribution in [3.63, 3.8) is 0 Å². The molecule has 0 N–H and O–H groups in total. The molecule has 0 amide bonds. The highest BCUT2D eigenvalue weighted by Crippen LogP contribution is 2.19. The van der Waals surface area contributed by atoms with Gasteiger partial charge in [0.05, 0.1) is 6.21 Å². The van der Waals surface area contributed by atoms with Crippen molar-refractivity contribution < 1.29 is 9.63 Å². The van der Waals surface area contributed by atoms with E-state index in [-0.39, 0.29) is 12.2 Å². The fraction of sp³-hybridized carbons (Fsp3) is 0.0909. The van der Waals surface area contributed by atoms with Gasteiger partial charge in [-0.1, -0.05) is 90.1 Å². The largest absolute Gasteiger partial charge is 0.391 e. The number of benzene rings is 3. The van der Waals surface area contributed by atoms with Crippen molar-refractivity contribution in [2.24, 2.45) is 5.16 Å². The van der Waals surface area contributed by atoms with Crippen LogP contribution in [0.2, 0.25) is 0 Å². The van der Waals surface area contributed by atoms with Crippen molar-refractivity contribution in [1.29, 1.82) is 0 Å². The number of oxime groups is 1. The predicted molar refractivity (Wildman–Crippen MR) is 101 cm³/mol. The molecule has 0 aliphatic rings. The van der Waals surface area contributed by atoms with Gasteiger partial charge >= 0.3 is 0 Å². The third-order valence-electron chi connectivity index (χ3n) is 3.81. The van der Waals surface area contributed by atoms with E-state index in [4.69, 9.17) is 4.84 Å². The van der Waals surface area contributed by atoms with E-state index in [1.54, 1.807) is 0 Å². The molecule has 0 aromatic heterocycles. The molecule has 0 fully saturated rings. The van der Waals surface area contributed by atoms with Gasteiger partial charge in [-0.15, -0.1) is 0 Å². The lowest BCUT2D eigenvalue weighted by Gasteiger charge is -2.03. The quantitative estimate of drug-likeness (QED) is 0.342. The number of nitrogens with zero attached hydrogens (tertiary/aromatic N) is 1. The molecule has 0 bridgehead atoms. The molecule has 0 saturated heterocycles. The van der Waals surface area contributed by atoms with Crippen LogP contribution in [0.1, 0.15) is 22.3 Å². The summed E-state index contributed by atoms with van der Waals surface area (Å²) in [5, 5.41) is 3.85. The maximum atomic E-state index is 12.2. The molecule has 25 heavy (non-hydrogen) atoms. The Labute approximate surface area is 147 Å². The van der Waals surface area contributed by atoms with Crippen molar-refractivity contribution in [3.8, 4) is 11.1 Å². The smallest absolute Gasteiger partial charge is 0.168 e. The Bertz CT molecular complexity index is 825. The molecule has 0 aliphatic carbocycles. The second-order valence-electron chi connectivity index (χ2n) is 5.62. The van der Waals surface area contributed by atoms with Gasteiger partial charge in [-0.05, 0) is 16.7 Å². The fourth-order valence-corrected chi connectivity index (χ4v) is 2.46. The van der Waals surface area contributed by atoms with Gasteiger partial charge < -0.3 is 4.84 Å². The number of ketones is 1. The van der Waals surface area contributed by atoms with Gasteiger partial charge in [0.15, 0.2) is 5.78 Å². The molecule has 0 atom stereocenters. The number of carbonyl (C=O) groups excluding carboxylic acids is 1. The summed E-state index contributed by atoms with van der Waals surface area (Å²) >= 11 is 0. The van der Waals surface area contributed by atoms with Crippen LogP contribution < -0.4 is 0 Å². The summed E-state index contributed by atoms with van der Waals surface area (Å²) in [4.78, 5) is 17.4. The lowest BCUT2D eigenvalue weighted by molar-refractivity contribution is 0.0996. The highest BCUT2D eigenvalue weighted by atomic mass is 16.6. The molecule has 124 valence electrons. The van der Waals surface area contributed by atoms with Gasteiger partial charge in [0.2, 0.25) is 0 Å². The summed E-state index contributed by atoms with van der Waals surface area (Å²) in [5.74, 6) is 0.0201. The molecule has 3 nitrogen and oxygen atoms in total. The minimum atomic E-state index is 0.0201. The van der Waals surface area contributed by atoms with E-state index in [0.29, 0.717) is 12.2 Å². The lowest BCUT2D eigenvalue weighted by atomic mass is 10.0. The van der Waals surface area contributed by atoms with Gasteiger partial charge in [0, 0.05) is 12.0 Å². The first kappa shape index (κ1) is 16.7. The van der Waals surface area contributed by atoms with Gasteiger partial charge in [-0.2, -0.15) is 0 Å². The van der Waals surface area contributed by atoms with Crippen LogP contribution in [0.5, 0.6) is 0 Å². The van der Waals surface area contributed by atoms with E-state index < -0.39 is 0 Å². The molecule has 0 aliphatic heterocycles. The van der Waals surface area contributed by atoms with E-state index in [1.165, 1.54) is 6.21 Å². The summed E-state index contributed by atoms with van der Waals surface area (Å²) in [6.45, 7) is 0.400. The molecule has 0 radical (unpaired) electrons. The van der Waals surface area contributed by atoms with E-state index in [9.17, 15) is 4.79 Å². The SMILES string of the molecule is O=C(C/C=N/OCc1ccccc1)c1ccc(-c2ccccc2)cc1. The van der Waals surface area contributed by atoms with Gasteiger partial charge in [0.1, 0.15) is 6.61 Å². The summed E-state index contributed by atoms with van der Waals surface area (Å²) in [6.07, 6.45) is 1.73. The Kier molecular flexibility index (Phi) is 5.73. The molecule has 0 unspecified atom stereocenters. The zero-order valence-electron chi connectivity index (χ0n) is 13.8. The van der Waals surface area contributed by atoms with Crippen LogP contribution >= 0.6 is 0 Å². The average molecular weight is 329 g/mol. The molecular weight excluding hydrogens is 310 g/mol. The Balaban J connectivity index is 1.50. The molecule has 0 saturated carbocycles. The van der Waals surface area contributed by atoms with Crippen molar-refractivity contribution in [3.05, 3.63) is 96.1 Å². The Morgan fingerprint density at radius 2 is 1.40 bits per heavy atom. The fourth-order valence-electron chi connectivity index (χ4n) is 2.46. The Morgan fingerprint density at radius 3 is 2.08 bits per heavy atom. The highest BCUT2D eigenvalue weighted by Gasteiger charge is 2.05. The Morgan fingerprint density at radius 1 is 0.800 bits per heavy atom. The number of carbonyl (C=O) groups is 1. The summed E-state index contributed by atoms with van der Waals surface area (Å²) in [5.41, 5.74) is 3.95.